The van der Waals surface area contributed by atoms with Gasteiger partial charge in [0.2, 0.25) is 0 Å². The maximum Gasteiger partial charge on any atom is 0.145 e. The van der Waals surface area contributed by atoms with Gasteiger partial charge in [-0.05, 0) is 31.2 Å². The molecule has 0 radical (unpaired) electrons. The lowest BCUT2D eigenvalue weighted by Gasteiger charge is -2.20. The van der Waals surface area contributed by atoms with Gasteiger partial charge in [0.1, 0.15) is 11.6 Å². The van der Waals surface area contributed by atoms with Gasteiger partial charge in [0.25, 0.3) is 0 Å². The molecule has 1 aliphatic rings. The lowest BCUT2D eigenvalue weighted by molar-refractivity contribution is 0.339. The first kappa shape index (κ1) is 12.6. The quantitative estimate of drug-likeness (QED) is 0.889. The number of rotatable bonds is 4. The molecule has 1 aliphatic heterocycles. The first-order chi connectivity index (χ1) is 8.20. The summed E-state index contributed by atoms with van der Waals surface area (Å²) >= 11 is 1.97. The van der Waals surface area contributed by atoms with Crippen LogP contribution < -0.4 is 10.1 Å². The van der Waals surface area contributed by atoms with Gasteiger partial charge < -0.3 is 10.1 Å². The SMILES string of the molecule is CCOc1cc(F)ccc1NC1CCSC1C. The average molecular weight is 255 g/mol. The largest absolute Gasteiger partial charge is 0.492 e. The molecule has 1 N–H and O–H groups in total. The fourth-order valence-corrected chi connectivity index (χ4v) is 3.21. The summed E-state index contributed by atoms with van der Waals surface area (Å²) in [5.74, 6) is 1.54. The summed E-state index contributed by atoms with van der Waals surface area (Å²) in [7, 11) is 0. The molecule has 1 aromatic rings. The fourth-order valence-electron chi connectivity index (χ4n) is 2.01. The Morgan fingerprint density at radius 2 is 2.35 bits per heavy atom. The van der Waals surface area contributed by atoms with Crippen LogP contribution in [0.25, 0.3) is 0 Å². The van der Waals surface area contributed by atoms with Crippen LogP contribution in [0.5, 0.6) is 5.75 Å². The average Bonchev–Trinajstić information content (AvgIpc) is 2.69. The maximum atomic E-state index is 13.1. The number of hydrogen-bond acceptors (Lipinski definition) is 3. The molecule has 17 heavy (non-hydrogen) atoms. The van der Waals surface area contributed by atoms with Gasteiger partial charge in [-0.1, -0.05) is 6.92 Å². The van der Waals surface area contributed by atoms with E-state index in [-0.39, 0.29) is 5.82 Å². The molecular formula is C13H18FNOS. The maximum absolute atomic E-state index is 13.1. The van der Waals surface area contributed by atoms with E-state index in [1.54, 1.807) is 6.07 Å². The van der Waals surface area contributed by atoms with Gasteiger partial charge in [-0.15, -0.1) is 0 Å². The van der Waals surface area contributed by atoms with Crippen molar-refractivity contribution in [2.24, 2.45) is 0 Å². The highest BCUT2D eigenvalue weighted by atomic mass is 32.2. The zero-order valence-electron chi connectivity index (χ0n) is 10.2. The smallest absolute Gasteiger partial charge is 0.145 e. The van der Waals surface area contributed by atoms with Crippen molar-refractivity contribution >= 4 is 17.4 Å². The first-order valence-electron chi connectivity index (χ1n) is 6.01. The van der Waals surface area contributed by atoms with Crippen LogP contribution in [0.3, 0.4) is 0 Å². The van der Waals surface area contributed by atoms with Crippen LogP contribution in [0.1, 0.15) is 20.3 Å². The summed E-state index contributed by atoms with van der Waals surface area (Å²) in [6, 6.07) is 5.12. The van der Waals surface area contributed by atoms with Gasteiger partial charge in [-0.25, -0.2) is 4.39 Å². The molecule has 1 saturated heterocycles. The van der Waals surface area contributed by atoms with Crippen LogP contribution in [-0.2, 0) is 0 Å². The van der Waals surface area contributed by atoms with Gasteiger partial charge in [0, 0.05) is 17.4 Å². The van der Waals surface area contributed by atoms with E-state index in [4.69, 9.17) is 4.74 Å². The van der Waals surface area contributed by atoms with Gasteiger partial charge in [-0.2, -0.15) is 11.8 Å². The third-order valence-corrected chi connectivity index (χ3v) is 4.29. The molecule has 2 rings (SSSR count). The van der Waals surface area contributed by atoms with E-state index >= 15 is 0 Å². The Kier molecular flexibility index (Phi) is 4.15. The van der Waals surface area contributed by atoms with E-state index in [0.717, 1.165) is 12.1 Å². The van der Waals surface area contributed by atoms with Crippen LogP contribution in [-0.4, -0.2) is 23.7 Å². The van der Waals surface area contributed by atoms with Gasteiger partial charge in [-0.3, -0.25) is 0 Å². The van der Waals surface area contributed by atoms with Crippen LogP contribution in [0.4, 0.5) is 10.1 Å². The molecule has 4 heteroatoms. The second-order valence-electron chi connectivity index (χ2n) is 4.19. The van der Waals surface area contributed by atoms with E-state index in [1.807, 2.05) is 18.7 Å². The minimum absolute atomic E-state index is 0.257. The van der Waals surface area contributed by atoms with E-state index < -0.39 is 0 Å². The third-order valence-electron chi connectivity index (χ3n) is 2.96. The normalized spacial score (nSPS) is 23.7. The summed E-state index contributed by atoms with van der Waals surface area (Å²) in [4.78, 5) is 0. The third kappa shape index (κ3) is 3.06. The molecule has 2 unspecified atom stereocenters. The Labute approximate surface area is 106 Å². The summed E-state index contributed by atoms with van der Waals surface area (Å²) in [6.07, 6.45) is 1.15. The molecule has 94 valence electrons. The van der Waals surface area contributed by atoms with E-state index in [1.165, 1.54) is 17.9 Å². The van der Waals surface area contributed by atoms with Crippen molar-refractivity contribution in [1.29, 1.82) is 0 Å². The van der Waals surface area contributed by atoms with Crippen molar-refractivity contribution in [3.63, 3.8) is 0 Å². The Bertz CT molecular complexity index is 386. The monoisotopic (exact) mass is 255 g/mol. The molecular weight excluding hydrogens is 237 g/mol. The molecule has 0 spiro atoms. The van der Waals surface area contributed by atoms with Crippen molar-refractivity contribution in [2.45, 2.75) is 31.6 Å². The first-order valence-corrected chi connectivity index (χ1v) is 7.06. The minimum atomic E-state index is -0.257. The standard InChI is InChI=1S/C13H18FNOS/c1-3-16-13-8-10(14)4-5-12(13)15-11-6-7-17-9(11)2/h4-5,8-9,11,15H,3,6-7H2,1-2H3. The molecule has 0 aromatic heterocycles. The summed E-state index contributed by atoms with van der Waals surface area (Å²) in [5, 5.41) is 4.05. The molecule has 2 nitrogen and oxygen atoms in total. The predicted molar refractivity (Wildman–Crippen MR) is 71.5 cm³/mol. The molecule has 0 bridgehead atoms. The summed E-state index contributed by atoms with van der Waals surface area (Å²) in [6.45, 7) is 4.68. The topological polar surface area (TPSA) is 21.3 Å². The van der Waals surface area contributed by atoms with E-state index in [9.17, 15) is 4.39 Å². The minimum Gasteiger partial charge on any atom is -0.492 e. The Morgan fingerprint density at radius 1 is 1.53 bits per heavy atom. The number of anilines is 1. The van der Waals surface area contributed by atoms with Gasteiger partial charge in [0.15, 0.2) is 0 Å². The number of ether oxygens (including phenoxy) is 1. The molecule has 0 amide bonds. The highest BCUT2D eigenvalue weighted by Crippen LogP contribution is 2.32. The summed E-state index contributed by atoms with van der Waals surface area (Å²) < 4.78 is 18.6. The molecule has 1 fully saturated rings. The lowest BCUT2D eigenvalue weighted by atomic mass is 10.1. The number of thioether (sulfide) groups is 1. The van der Waals surface area contributed by atoms with E-state index in [2.05, 4.69) is 12.2 Å². The molecule has 0 saturated carbocycles. The molecule has 1 aromatic carbocycles. The van der Waals surface area contributed by atoms with Gasteiger partial charge >= 0.3 is 0 Å². The zero-order valence-corrected chi connectivity index (χ0v) is 11.0. The Hall–Kier alpha value is -0.900. The Morgan fingerprint density at radius 3 is 3.00 bits per heavy atom. The molecule has 1 heterocycles. The number of benzene rings is 1. The van der Waals surface area contributed by atoms with E-state index in [0.29, 0.717) is 23.6 Å². The van der Waals surface area contributed by atoms with Crippen molar-refractivity contribution in [3.05, 3.63) is 24.0 Å². The number of nitrogens with one attached hydrogen (secondary N) is 1. The van der Waals surface area contributed by atoms with Crippen LogP contribution in [0, 0.1) is 5.82 Å². The highest BCUT2D eigenvalue weighted by Gasteiger charge is 2.24. The van der Waals surface area contributed by atoms with Crippen LogP contribution in [0.2, 0.25) is 0 Å². The van der Waals surface area contributed by atoms with Crippen molar-refractivity contribution < 1.29 is 9.13 Å². The molecule has 2 atom stereocenters. The van der Waals surface area contributed by atoms with Gasteiger partial charge in [0.05, 0.1) is 12.3 Å². The second kappa shape index (κ2) is 5.63. The summed E-state index contributed by atoms with van der Waals surface area (Å²) in [5.41, 5.74) is 0.896. The van der Waals surface area contributed by atoms with Crippen LogP contribution >= 0.6 is 11.8 Å². The molecule has 0 aliphatic carbocycles. The predicted octanol–water partition coefficient (Wildman–Crippen LogP) is 3.53. The highest BCUT2D eigenvalue weighted by molar-refractivity contribution is 8.00. The Balaban J connectivity index is 2.13. The lowest BCUT2D eigenvalue weighted by Crippen LogP contribution is -2.25. The number of halogens is 1. The second-order valence-corrected chi connectivity index (χ2v) is 5.67. The van der Waals surface area contributed by atoms with Crippen LogP contribution in [0.15, 0.2) is 18.2 Å². The van der Waals surface area contributed by atoms with Crippen molar-refractivity contribution in [1.82, 2.24) is 0 Å². The van der Waals surface area contributed by atoms with Crippen molar-refractivity contribution in [3.8, 4) is 5.75 Å². The van der Waals surface area contributed by atoms with Crippen molar-refractivity contribution in [2.75, 3.05) is 17.7 Å². The zero-order chi connectivity index (χ0) is 12.3. The fraction of sp³-hybridized carbons (Fsp3) is 0.538. The number of hydrogen-bond donors (Lipinski definition) is 1.